The summed E-state index contributed by atoms with van der Waals surface area (Å²) in [6.07, 6.45) is 3.54. The highest BCUT2D eigenvalue weighted by Gasteiger charge is 2.06. The minimum atomic E-state index is 0.568. The quantitative estimate of drug-likeness (QED) is 0.847. The van der Waals surface area contributed by atoms with Crippen molar-refractivity contribution >= 4 is 5.95 Å². The van der Waals surface area contributed by atoms with Gasteiger partial charge in [0.15, 0.2) is 0 Å². The van der Waals surface area contributed by atoms with Crippen molar-refractivity contribution in [3.8, 4) is 11.3 Å². The molecule has 17 heavy (non-hydrogen) atoms. The van der Waals surface area contributed by atoms with Crippen molar-refractivity contribution < 1.29 is 0 Å². The van der Waals surface area contributed by atoms with Gasteiger partial charge >= 0.3 is 0 Å². The number of aromatic amines is 1. The summed E-state index contributed by atoms with van der Waals surface area (Å²) in [7, 11) is 0. The monoisotopic (exact) mass is 231 g/mol. The Morgan fingerprint density at radius 2 is 2.24 bits per heavy atom. The van der Waals surface area contributed by atoms with E-state index in [2.05, 4.69) is 39.3 Å². The molecule has 0 radical (unpaired) electrons. The van der Waals surface area contributed by atoms with Crippen molar-refractivity contribution in [1.82, 2.24) is 20.2 Å². The fourth-order valence-corrected chi connectivity index (χ4v) is 1.50. The van der Waals surface area contributed by atoms with Gasteiger partial charge in [0.05, 0.1) is 11.9 Å². The van der Waals surface area contributed by atoms with Gasteiger partial charge in [-0.05, 0) is 18.9 Å². The van der Waals surface area contributed by atoms with E-state index in [9.17, 15) is 0 Å². The van der Waals surface area contributed by atoms with E-state index in [-0.39, 0.29) is 0 Å². The van der Waals surface area contributed by atoms with Crippen LogP contribution in [0.4, 0.5) is 5.95 Å². The Kier molecular flexibility index (Phi) is 3.37. The van der Waals surface area contributed by atoms with Gasteiger partial charge in [-0.2, -0.15) is 5.10 Å². The molecule has 0 aliphatic rings. The van der Waals surface area contributed by atoms with Crippen molar-refractivity contribution in [2.45, 2.75) is 20.8 Å². The van der Waals surface area contributed by atoms with E-state index < -0.39 is 0 Å². The Morgan fingerprint density at radius 3 is 2.88 bits per heavy atom. The fourth-order valence-electron chi connectivity index (χ4n) is 1.50. The third-order valence-corrected chi connectivity index (χ3v) is 2.43. The summed E-state index contributed by atoms with van der Waals surface area (Å²) in [5.74, 6) is 1.23. The lowest BCUT2D eigenvalue weighted by Crippen LogP contribution is -2.10. The van der Waals surface area contributed by atoms with Crippen LogP contribution in [0.3, 0.4) is 0 Å². The number of rotatable bonds is 4. The SMILES string of the molecule is Cc1[nH]ncc1-c1ccnc(NCC(C)C)n1. The van der Waals surface area contributed by atoms with Crippen LogP contribution in [0.15, 0.2) is 18.5 Å². The zero-order valence-electron chi connectivity index (χ0n) is 10.4. The molecular formula is C12H17N5. The number of hydrogen-bond donors (Lipinski definition) is 2. The van der Waals surface area contributed by atoms with Gasteiger partial charge in [-0.15, -0.1) is 0 Å². The molecule has 0 aromatic carbocycles. The lowest BCUT2D eigenvalue weighted by molar-refractivity contribution is 0.684. The van der Waals surface area contributed by atoms with E-state index in [1.54, 1.807) is 12.4 Å². The molecule has 2 aromatic heterocycles. The van der Waals surface area contributed by atoms with E-state index >= 15 is 0 Å². The van der Waals surface area contributed by atoms with Gasteiger partial charge in [0, 0.05) is 24.0 Å². The number of nitrogens with zero attached hydrogens (tertiary/aromatic N) is 3. The van der Waals surface area contributed by atoms with Crippen molar-refractivity contribution in [1.29, 1.82) is 0 Å². The summed E-state index contributed by atoms with van der Waals surface area (Å²) < 4.78 is 0. The minimum absolute atomic E-state index is 0.568. The molecule has 0 amide bonds. The molecular weight excluding hydrogens is 214 g/mol. The second-order valence-electron chi connectivity index (χ2n) is 4.45. The Balaban J connectivity index is 2.20. The van der Waals surface area contributed by atoms with Gasteiger partial charge in [0.1, 0.15) is 0 Å². The largest absolute Gasteiger partial charge is 0.354 e. The molecule has 0 spiro atoms. The van der Waals surface area contributed by atoms with Gasteiger partial charge in [-0.1, -0.05) is 13.8 Å². The zero-order chi connectivity index (χ0) is 12.3. The van der Waals surface area contributed by atoms with Crippen molar-refractivity contribution in [2.24, 2.45) is 5.92 Å². The summed E-state index contributed by atoms with van der Waals surface area (Å²) in [6, 6.07) is 1.89. The number of hydrogen-bond acceptors (Lipinski definition) is 4. The molecule has 2 N–H and O–H groups in total. The highest BCUT2D eigenvalue weighted by molar-refractivity contribution is 5.61. The first-order chi connectivity index (χ1) is 8.16. The normalized spacial score (nSPS) is 10.8. The predicted octanol–water partition coefficient (Wildman–Crippen LogP) is 2.24. The first-order valence-corrected chi connectivity index (χ1v) is 5.74. The third-order valence-electron chi connectivity index (χ3n) is 2.43. The summed E-state index contributed by atoms with van der Waals surface area (Å²) >= 11 is 0. The topological polar surface area (TPSA) is 66.5 Å². The van der Waals surface area contributed by atoms with Gasteiger partial charge < -0.3 is 5.32 Å². The van der Waals surface area contributed by atoms with Crippen LogP contribution in [-0.2, 0) is 0 Å². The van der Waals surface area contributed by atoms with Crippen molar-refractivity contribution in [2.75, 3.05) is 11.9 Å². The van der Waals surface area contributed by atoms with E-state index in [0.29, 0.717) is 11.9 Å². The van der Waals surface area contributed by atoms with Crippen LogP contribution in [0.1, 0.15) is 19.5 Å². The Hall–Kier alpha value is -1.91. The minimum Gasteiger partial charge on any atom is -0.354 e. The summed E-state index contributed by atoms with van der Waals surface area (Å²) in [5.41, 5.74) is 2.91. The van der Waals surface area contributed by atoms with Crippen LogP contribution in [0.5, 0.6) is 0 Å². The second kappa shape index (κ2) is 4.95. The molecule has 90 valence electrons. The molecule has 2 rings (SSSR count). The van der Waals surface area contributed by atoms with Gasteiger partial charge in [-0.3, -0.25) is 5.10 Å². The lowest BCUT2D eigenvalue weighted by Gasteiger charge is -2.07. The van der Waals surface area contributed by atoms with Crippen molar-refractivity contribution in [3.63, 3.8) is 0 Å². The second-order valence-corrected chi connectivity index (χ2v) is 4.45. The number of H-pyrrole nitrogens is 1. The van der Waals surface area contributed by atoms with Crippen LogP contribution in [0.25, 0.3) is 11.3 Å². The average molecular weight is 231 g/mol. The summed E-state index contributed by atoms with van der Waals surface area (Å²) in [6.45, 7) is 7.15. The van der Waals surface area contributed by atoms with E-state index in [1.165, 1.54) is 0 Å². The van der Waals surface area contributed by atoms with Gasteiger partial charge in [0.25, 0.3) is 0 Å². The number of aromatic nitrogens is 4. The molecule has 0 aliphatic heterocycles. The van der Waals surface area contributed by atoms with E-state index in [4.69, 9.17) is 0 Å². The van der Waals surface area contributed by atoms with Gasteiger partial charge in [-0.25, -0.2) is 9.97 Å². The van der Waals surface area contributed by atoms with Gasteiger partial charge in [0.2, 0.25) is 5.95 Å². The van der Waals surface area contributed by atoms with E-state index in [1.807, 2.05) is 13.0 Å². The molecule has 0 saturated carbocycles. The first-order valence-electron chi connectivity index (χ1n) is 5.74. The molecule has 5 heteroatoms. The van der Waals surface area contributed by atoms with Crippen LogP contribution in [0.2, 0.25) is 0 Å². The first kappa shape index (κ1) is 11.6. The fraction of sp³-hybridized carbons (Fsp3) is 0.417. The molecule has 2 aromatic rings. The Labute approximate surface area is 101 Å². The van der Waals surface area contributed by atoms with Crippen LogP contribution in [-0.4, -0.2) is 26.7 Å². The molecule has 2 heterocycles. The Morgan fingerprint density at radius 1 is 1.41 bits per heavy atom. The standard InChI is InChI=1S/C12H17N5/c1-8(2)6-14-12-13-5-4-11(16-12)10-7-15-17-9(10)3/h4-5,7-8H,6H2,1-3H3,(H,15,17)(H,13,14,16). The third kappa shape index (κ3) is 2.81. The van der Waals surface area contributed by atoms with Crippen molar-refractivity contribution in [3.05, 3.63) is 24.2 Å². The maximum absolute atomic E-state index is 4.47. The molecule has 0 fully saturated rings. The van der Waals surface area contributed by atoms with Crippen LogP contribution < -0.4 is 5.32 Å². The van der Waals surface area contributed by atoms with E-state index in [0.717, 1.165) is 23.5 Å². The number of anilines is 1. The Bertz CT molecular complexity index is 489. The predicted molar refractivity (Wildman–Crippen MR) is 67.7 cm³/mol. The van der Waals surface area contributed by atoms with Crippen LogP contribution >= 0.6 is 0 Å². The lowest BCUT2D eigenvalue weighted by atomic mass is 10.2. The highest BCUT2D eigenvalue weighted by Crippen LogP contribution is 2.19. The average Bonchev–Trinajstić information content (AvgIpc) is 2.73. The molecule has 0 unspecified atom stereocenters. The maximum Gasteiger partial charge on any atom is 0.223 e. The summed E-state index contributed by atoms with van der Waals surface area (Å²) in [5, 5.41) is 10.1. The van der Waals surface area contributed by atoms with Crippen LogP contribution in [0, 0.1) is 12.8 Å². The smallest absolute Gasteiger partial charge is 0.223 e. The number of nitrogens with one attached hydrogen (secondary N) is 2. The zero-order valence-corrected chi connectivity index (χ0v) is 10.4. The number of aryl methyl sites for hydroxylation is 1. The summed E-state index contributed by atoms with van der Waals surface area (Å²) in [4.78, 5) is 8.66. The maximum atomic E-state index is 4.47. The highest BCUT2D eigenvalue weighted by atomic mass is 15.1. The molecule has 5 nitrogen and oxygen atoms in total. The molecule has 0 atom stereocenters. The molecule has 0 aliphatic carbocycles. The molecule has 0 bridgehead atoms. The molecule has 0 saturated heterocycles.